The van der Waals surface area contributed by atoms with Crippen LogP contribution in [-0.2, 0) is 14.8 Å². The van der Waals surface area contributed by atoms with Crippen LogP contribution in [-0.4, -0.2) is 57.4 Å². The Kier molecular flexibility index (Phi) is 7.49. The van der Waals surface area contributed by atoms with Crippen molar-refractivity contribution < 1.29 is 31.9 Å². The number of furan rings is 1. The predicted octanol–water partition coefficient (Wildman–Crippen LogP) is 3.20. The molecule has 2 amide bonds. The number of amides is 2. The molecule has 1 aliphatic rings. The van der Waals surface area contributed by atoms with E-state index in [0.29, 0.717) is 13.2 Å². The number of hydrogen-bond donors (Lipinski definition) is 2. The van der Waals surface area contributed by atoms with Gasteiger partial charge in [0.1, 0.15) is 10.6 Å². The van der Waals surface area contributed by atoms with Crippen molar-refractivity contribution in [2.45, 2.75) is 11.8 Å². The Morgan fingerprint density at radius 1 is 1.00 bits per heavy atom. The summed E-state index contributed by atoms with van der Waals surface area (Å²) in [7, 11) is -3.88. The smallest absolute Gasteiger partial charge is 0.291 e. The van der Waals surface area contributed by atoms with Gasteiger partial charge >= 0.3 is 0 Å². The zero-order chi connectivity index (χ0) is 24.8. The highest BCUT2D eigenvalue weighted by molar-refractivity contribution is 7.89. The second-order valence-electron chi connectivity index (χ2n) is 7.54. The summed E-state index contributed by atoms with van der Waals surface area (Å²) in [5, 5.41) is 5.37. The minimum atomic E-state index is -3.88. The molecular formula is C24H25N3O7S. The molecule has 0 unspecified atom stereocenters. The fraction of sp³-hybridized carbons (Fsp3) is 0.250. The minimum absolute atomic E-state index is 0.0431. The minimum Gasteiger partial charge on any atom is -0.492 e. The number of para-hydroxylation sites is 1. The summed E-state index contributed by atoms with van der Waals surface area (Å²) in [6, 6.07) is 14.0. The molecule has 11 heteroatoms. The molecule has 184 valence electrons. The number of benzene rings is 2. The van der Waals surface area contributed by atoms with Crippen LogP contribution in [0, 0.1) is 0 Å². The third kappa shape index (κ3) is 5.53. The molecule has 3 aromatic rings. The van der Waals surface area contributed by atoms with Gasteiger partial charge in [-0.1, -0.05) is 12.1 Å². The Morgan fingerprint density at radius 3 is 2.49 bits per heavy atom. The van der Waals surface area contributed by atoms with Crippen molar-refractivity contribution in [2.75, 3.05) is 43.5 Å². The van der Waals surface area contributed by atoms with Crippen molar-refractivity contribution >= 4 is 33.2 Å². The Balaban J connectivity index is 1.59. The number of sulfonamides is 1. The zero-order valence-electron chi connectivity index (χ0n) is 19.0. The molecule has 0 saturated carbocycles. The Morgan fingerprint density at radius 2 is 1.77 bits per heavy atom. The lowest BCUT2D eigenvalue weighted by Gasteiger charge is -2.27. The van der Waals surface area contributed by atoms with Crippen LogP contribution in [0.4, 0.5) is 11.4 Å². The van der Waals surface area contributed by atoms with Crippen LogP contribution in [0.2, 0.25) is 0 Å². The first-order chi connectivity index (χ1) is 16.9. The molecule has 0 bridgehead atoms. The predicted molar refractivity (Wildman–Crippen MR) is 128 cm³/mol. The maximum Gasteiger partial charge on any atom is 0.291 e. The van der Waals surface area contributed by atoms with Gasteiger partial charge in [-0.15, -0.1) is 0 Å². The maximum absolute atomic E-state index is 13.3. The number of morpholine rings is 1. The molecule has 0 aliphatic carbocycles. The van der Waals surface area contributed by atoms with E-state index in [4.69, 9.17) is 13.9 Å². The Bertz CT molecular complexity index is 1300. The summed E-state index contributed by atoms with van der Waals surface area (Å²) in [6.07, 6.45) is 1.38. The van der Waals surface area contributed by atoms with E-state index in [1.54, 1.807) is 43.3 Å². The number of nitrogens with one attached hydrogen (secondary N) is 2. The van der Waals surface area contributed by atoms with Crippen LogP contribution in [0.15, 0.2) is 70.2 Å². The van der Waals surface area contributed by atoms with Gasteiger partial charge in [-0.2, -0.15) is 4.31 Å². The lowest BCUT2D eigenvalue weighted by molar-refractivity contribution is 0.0729. The normalized spacial score (nSPS) is 14.3. The molecule has 0 atom stereocenters. The molecule has 2 aromatic carbocycles. The van der Waals surface area contributed by atoms with E-state index in [2.05, 4.69) is 10.6 Å². The van der Waals surface area contributed by atoms with Crippen LogP contribution < -0.4 is 15.4 Å². The molecule has 10 nitrogen and oxygen atoms in total. The van der Waals surface area contributed by atoms with Gasteiger partial charge in [-0.25, -0.2) is 8.42 Å². The topological polar surface area (TPSA) is 127 Å². The number of anilines is 2. The summed E-state index contributed by atoms with van der Waals surface area (Å²) in [6.45, 7) is 3.11. The molecule has 1 aromatic heterocycles. The third-order valence-corrected chi connectivity index (χ3v) is 7.17. The van der Waals surface area contributed by atoms with Crippen LogP contribution >= 0.6 is 0 Å². The number of rotatable bonds is 8. The van der Waals surface area contributed by atoms with Crippen LogP contribution in [0.3, 0.4) is 0 Å². The van der Waals surface area contributed by atoms with E-state index in [-0.39, 0.29) is 53.0 Å². The standard InChI is InChI=1S/C24H25N3O7S/c1-2-33-20-10-9-17(16-22(20)35(30,31)27-11-14-32-15-12-27)25-23(28)18-6-3-4-7-19(18)26-24(29)21-8-5-13-34-21/h3-10,13,16H,2,11-12,14-15H2,1H3,(H,25,28)(H,26,29). The van der Waals surface area contributed by atoms with Gasteiger partial charge in [0.2, 0.25) is 10.0 Å². The van der Waals surface area contributed by atoms with Gasteiger partial charge in [-0.3, -0.25) is 9.59 Å². The summed E-state index contributed by atoms with van der Waals surface area (Å²) >= 11 is 0. The molecule has 1 fully saturated rings. The van der Waals surface area contributed by atoms with E-state index in [9.17, 15) is 18.0 Å². The van der Waals surface area contributed by atoms with Gasteiger partial charge in [0.15, 0.2) is 5.76 Å². The quantitative estimate of drug-likeness (QED) is 0.487. The summed E-state index contributed by atoms with van der Waals surface area (Å²) in [5.41, 5.74) is 0.731. The summed E-state index contributed by atoms with van der Waals surface area (Å²) in [5.74, 6) is -0.734. The first-order valence-electron chi connectivity index (χ1n) is 11.0. The first kappa shape index (κ1) is 24.5. The van der Waals surface area contributed by atoms with E-state index in [1.165, 1.54) is 28.8 Å². The second-order valence-corrected chi connectivity index (χ2v) is 9.45. The van der Waals surface area contributed by atoms with Crippen molar-refractivity contribution in [1.29, 1.82) is 0 Å². The zero-order valence-corrected chi connectivity index (χ0v) is 19.8. The highest BCUT2D eigenvalue weighted by Gasteiger charge is 2.30. The molecule has 1 aliphatic heterocycles. The SMILES string of the molecule is CCOc1ccc(NC(=O)c2ccccc2NC(=O)c2ccco2)cc1S(=O)(=O)N1CCOCC1. The third-order valence-electron chi connectivity index (χ3n) is 5.25. The Hall–Kier alpha value is -3.67. The maximum atomic E-state index is 13.3. The van der Waals surface area contributed by atoms with E-state index in [0.717, 1.165) is 0 Å². The molecule has 0 spiro atoms. The fourth-order valence-electron chi connectivity index (χ4n) is 3.57. The van der Waals surface area contributed by atoms with Crippen molar-refractivity contribution in [3.05, 3.63) is 72.2 Å². The molecule has 2 heterocycles. The summed E-state index contributed by atoms with van der Waals surface area (Å²) < 4.78 is 43.8. The van der Waals surface area contributed by atoms with Crippen molar-refractivity contribution in [1.82, 2.24) is 4.31 Å². The fourth-order valence-corrected chi connectivity index (χ4v) is 5.13. The molecular weight excluding hydrogens is 474 g/mol. The number of hydrogen-bond acceptors (Lipinski definition) is 7. The monoisotopic (exact) mass is 499 g/mol. The van der Waals surface area contributed by atoms with Gasteiger partial charge in [0.25, 0.3) is 11.8 Å². The van der Waals surface area contributed by atoms with E-state index in [1.807, 2.05) is 0 Å². The second kappa shape index (κ2) is 10.7. The van der Waals surface area contributed by atoms with Crippen LogP contribution in [0.1, 0.15) is 27.8 Å². The van der Waals surface area contributed by atoms with Gasteiger partial charge in [-0.05, 0) is 49.4 Å². The van der Waals surface area contributed by atoms with Crippen molar-refractivity contribution in [3.8, 4) is 5.75 Å². The van der Waals surface area contributed by atoms with Crippen molar-refractivity contribution in [3.63, 3.8) is 0 Å². The van der Waals surface area contributed by atoms with Crippen molar-refractivity contribution in [2.24, 2.45) is 0 Å². The molecule has 1 saturated heterocycles. The molecule has 35 heavy (non-hydrogen) atoms. The highest BCUT2D eigenvalue weighted by Crippen LogP contribution is 2.31. The van der Waals surface area contributed by atoms with Crippen LogP contribution in [0.5, 0.6) is 5.75 Å². The Labute approximate surface area is 202 Å². The number of ether oxygens (including phenoxy) is 2. The van der Waals surface area contributed by atoms with E-state index < -0.39 is 21.8 Å². The molecule has 4 rings (SSSR count). The average molecular weight is 500 g/mol. The highest BCUT2D eigenvalue weighted by atomic mass is 32.2. The number of nitrogens with zero attached hydrogens (tertiary/aromatic N) is 1. The average Bonchev–Trinajstić information content (AvgIpc) is 3.41. The number of carbonyl (C=O) groups excluding carboxylic acids is 2. The first-order valence-corrected chi connectivity index (χ1v) is 12.4. The lowest BCUT2D eigenvalue weighted by atomic mass is 10.1. The van der Waals surface area contributed by atoms with Gasteiger partial charge in [0.05, 0.1) is 37.3 Å². The number of carbonyl (C=O) groups is 2. The van der Waals surface area contributed by atoms with Gasteiger partial charge in [0, 0.05) is 18.8 Å². The summed E-state index contributed by atoms with van der Waals surface area (Å²) in [4.78, 5) is 25.4. The van der Waals surface area contributed by atoms with Crippen LogP contribution in [0.25, 0.3) is 0 Å². The largest absolute Gasteiger partial charge is 0.492 e. The molecule has 2 N–H and O–H groups in total. The lowest BCUT2D eigenvalue weighted by Crippen LogP contribution is -2.40. The molecule has 0 radical (unpaired) electrons. The van der Waals surface area contributed by atoms with E-state index >= 15 is 0 Å². The van der Waals surface area contributed by atoms with Gasteiger partial charge < -0.3 is 24.5 Å².